The van der Waals surface area contributed by atoms with Gasteiger partial charge in [0.05, 0.1) is 19.3 Å². The summed E-state index contributed by atoms with van der Waals surface area (Å²) in [6, 6.07) is 8.85. The van der Waals surface area contributed by atoms with Crippen LogP contribution < -0.4 is 10.6 Å². The molecule has 3 unspecified atom stereocenters. The van der Waals surface area contributed by atoms with Gasteiger partial charge in [0.2, 0.25) is 0 Å². The second-order valence-electron chi connectivity index (χ2n) is 6.63. The van der Waals surface area contributed by atoms with Crippen molar-refractivity contribution in [1.82, 2.24) is 10.6 Å². The smallest absolute Gasteiger partial charge is 0.191 e. The van der Waals surface area contributed by atoms with Crippen LogP contribution in [-0.2, 0) is 9.47 Å². The fourth-order valence-electron chi connectivity index (χ4n) is 2.74. The summed E-state index contributed by atoms with van der Waals surface area (Å²) in [6.07, 6.45) is 1.24. The molecule has 0 spiro atoms. The lowest BCUT2D eigenvalue weighted by Crippen LogP contribution is -2.45. The van der Waals surface area contributed by atoms with Gasteiger partial charge in [0.1, 0.15) is 0 Å². The Labute approximate surface area is 145 Å². The number of benzene rings is 1. The molecule has 1 heterocycles. The molecule has 1 aromatic rings. The van der Waals surface area contributed by atoms with Crippen LogP contribution >= 0.6 is 0 Å². The van der Waals surface area contributed by atoms with Crippen molar-refractivity contribution in [2.75, 3.05) is 33.4 Å². The molecule has 1 fully saturated rings. The van der Waals surface area contributed by atoms with Gasteiger partial charge >= 0.3 is 0 Å². The summed E-state index contributed by atoms with van der Waals surface area (Å²) in [6.45, 7) is 9.48. The number of hydrogen-bond acceptors (Lipinski definition) is 3. The van der Waals surface area contributed by atoms with Gasteiger partial charge in [-0.05, 0) is 31.7 Å². The van der Waals surface area contributed by atoms with Crippen molar-refractivity contribution in [2.45, 2.75) is 45.3 Å². The SMILES string of the molecule is CN=C(NCC(C)c1cccc(C)c1)NC(C)COC1CCOC1. The maximum absolute atomic E-state index is 5.85. The number of hydrogen-bond donors (Lipinski definition) is 2. The lowest BCUT2D eigenvalue weighted by atomic mass is 9.99. The van der Waals surface area contributed by atoms with Crippen LogP contribution in [0.1, 0.15) is 37.3 Å². The average molecular weight is 333 g/mol. The lowest BCUT2D eigenvalue weighted by Gasteiger charge is -2.21. The molecule has 1 aliphatic rings. The first kappa shape index (κ1) is 18.7. The van der Waals surface area contributed by atoms with Crippen LogP contribution in [0.3, 0.4) is 0 Å². The Morgan fingerprint density at radius 1 is 1.42 bits per heavy atom. The molecular weight excluding hydrogens is 302 g/mol. The third-order valence-electron chi connectivity index (χ3n) is 4.26. The molecule has 1 aliphatic heterocycles. The summed E-state index contributed by atoms with van der Waals surface area (Å²) in [5, 5.41) is 6.79. The maximum atomic E-state index is 5.85. The third kappa shape index (κ3) is 6.13. The Bertz CT molecular complexity index is 527. The first-order valence-corrected chi connectivity index (χ1v) is 8.81. The number of ether oxygens (including phenoxy) is 2. The maximum Gasteiger partial charge on any atom is 0.191 e. The zero-order valence-corrected chi connectivity index (χ0v) is 15.3. The van der Waals surface area contributed by atoms with Gasteiger partial charge in [-0.15, -0.1) is 0 Å². The summed E-state index contributed by atoms with van der Waals surface area (Å²) >= 11 is 0. The molecule has 24 heavy (non-hydrogen) atoms. The summed E-state index contributed by atoms with van der Waals surface area (Å²) < 4.78 is 11.2. The van der Waals surface area contributed by atoms with Crippen molar-refractivity contribution in [2.24, 2.45) is 4.99 Å². The number of aryl methyl sites for hydroxylation is 1. The number of nitrogens with zero attached hydrogens (tertiary/aromatic N) is 1. The van der Waals surface area contributed by atoms with E-state index in [4.69, 9.17) is 9.47 Å². The van der Waals surface area contributed by atoms with Crippen molar-refractivity contribution in [3.63, 3.8) is 0 Å². The highest BCUT2D eigenvalue weighted by Gasteiger charge is 2.17. The average Bonchev–Trinajstić information content (AvgIpc) is 3.10. The fraction of sp³-hybridized carbons (Fsp3) is 0.632. The van der Waals surface area contributed by atoms with Crippen molar-refractivity contribution >= 4 is 5.96 Å². The molecule has 3 atom stereocenters. The van der Waals surface area contributed by atoms with Gasteiger partial charge in [0.25, 0.3) is 0 Å². The molecule has 5 nitrogen and oxygen atoms in total. The molecular formula is C19H31N3O2. The molecule has 0 saturated carbocycles. The second kappa shape index (κ2) is 9.64. The quantitative estimate of drug-likeness (QED) is 0.594. The van der Waals surface area contributed by atoms with Crippen LogP contribution in [0.2, 0.25) is 0 Å². The summed E-state index contributed by atoms with van der Waals surface area (Å²) in [5.41, 5.74) is 2.64. The summed E-state index contributed by atoms with van der Waals surface area (Å²) in [7, 11) is 1.80. The molecule has 1 aromatic carbocycles. The highest BCUT2D eigenvalue weighted by Crippen LogP contribution is 2.15. The largest absolute Gasteiger partial charge is 0.379 e. The van der Waals surface area contributed by atoms with E-state index in [1.807, 2.05) is 0 Å². The Kier molecular flexibility index (Phi) is 7.53. The van der Waals surface area contributed by atoms with Crippen molar-refractivity contribution in [3.05, 3.63) is 35.4 Å². The van der Waals surface area contributed by atoms with E-state index >= 15 is 0 Å². The minimum Gasteiger partial charge on any atom is -0.379 e. The predicted molar refractivity (Wildman–Crippen MR) is 98.7 cm³/mol. The molecule has 5 heteroatoms. The second-order valence-corrected chi connectivity index (χ2v) is 6.63. The van der Waals surface area contributed by atoms with Gasteiger partial charge in [-0.3, -0.25) is 4.99 Å². The minimum absolute atomic E-state index is 0.200. The monoisotopic (exact) mass is 333 g/mol. The van der Waals surface area contributed by atoms with E-state index in [0.29, 0.717) is 19.1 Å². The van der Waals surface area contributed by atoms with Gasteiger partial charge in [0.15, 0.2) is 5.96 Å². The van der Waals surface area contributed by atoms with E-state index in [0.717, 1.165) is 25.5 Å². The molecule has 0 bridgehead atoms. The molecule has 134 valence electrons. The first-order chi connectivity index (χ1) is 11.6. The van der Waals surface area contributed by atoms with Gasteiger partial charge in [-0.2, -0.15) is 0 Å². The Balaban J connectivity index is 1.73. The van der Waals surface area contributed by atoms with Gasteiger partial charge in [-0.1, -0.05) is 36.8 Å². The van der Waals surface area contributed by atoms with Crippen molar-refractivity contribution < 1.29 is 9.47 Å². The number of rotatable bonds is 7. The molecule has 0 amide bonds. The van der Waals surface area contributed by atoms with Crippen LogP contribution in [0.4, 0.5) is 0 Å². The molecule has 0 aliphatic carbocycles. The van der Waals surface area contributed by atoms with Crippen LogP contribution in [0.15, 0.2) is 29.3 Å². The highest BCUT2D eigenvalue weighted by molar-refractivity contribution is 5.80. The Morgan fingerprint density at radius 2 is 2.25 bits per heavy atom. The summed E-state index contributed by atoms with van der Waals surface area (Å²) in [4.78, 5) is 4.31. The highest BCUT2D eigenvalue weighted by atomic mass is 16.5. The Morgan fingerprint density at radius 3 is 2.92 bits per heavy atom. The number of aliphatic imine (C=N–C) groups is 1. The summed E-state index contributed by atoms with van der Waals surface area (Å²) in [5.74, 6) is 1.24. The molecule has 0 radical (unpaired) electrons. The number of guanidine groups is 1. The standard InChI is InChI=1S/C19H31N3O2/c1-14-6-5-7-17(10-14)15(2)11-21-19(20-4)22-16(3)12-24-18-8-9-23-13-18/h5-7,10,15-16,18H,8-9,11-13H2,1-4H3,(H2,20,21,22). The molecule has 2 rings (SSSR count). The van der Waals surface area contributed by atoms with Crippen LogP contribution in [0.5, 0.6) is 0 Å². The minimum atomic E-state index is 0.200. The van der Waals surface area contributed by atoms with E-state index in [1.54, 1.807) is 7.05 Å². The fourth-order valence-corrected chi connectivity index (χ4v) is 2.74. The van der Waals surface area contributed by atoms with Gasteiger partial charge in [0, 0.05) is 26.2 Å². The normalized spacial score (nSPS) is 20.7. The van der Waals surface area contributed by atoms with Crippen molar-refractivity contribution in [3.8, 4) is 0 Å². The predicted octanol–water partition coefficient (Wildman–Crippen LogP) is 2.46. The van der Waals surface area contributed by atoms with Crippen LogP contribution in [-0.4, -0.2) is 51.5 Å². The van der Waals surface area contributed by atoms with Crippen LogP contribution in [0.25, 0.3) is 0 Å². The van der Waals surface area contributed by atoms with E-state index in [1.165, 1.54) is 11.1 Å². The van der Waals surface area contributed by atoms with Crippen LogP contribution in [0, 0.1) is 6.92 Å². The zero-order valence-electron chi connectivity index (χ0n) is 15.3. The van der Waals surface area contributed by atoms with Crippen molar-refractivity contribution in [1.29, 1.82) is 0 Å². The third-order valence-corrected chi connectivity index (χ3v) is 4.26. The molecule has 2 N–H and O–H groups in total. The Hall–Kier alpha value is -1.59. The van der Waals surface area contributed by atoms with E-state index < -0.39 is 0 Å². The first-order valence-electron chi connectivity index (χ1n) is 8.81. The molecule has 0 aromatic heterocycles. The lowest BCUT2D eigenvalue weighted by molar-refractivity contribution is 0.0347. The zero-order chi connectivity index (χ0) is 17.4. The van der Waals surface area contributed by atoms with Gasteiger partial charge < -0.3 is 20.1 Å². The molecule has 1 saturated heterocycles. The van der Waals surface area contributed by atoms with Gasteiger partial charge in [-0.25, -0.2) is 0 Å². The topological polar surface area (TPSA) is 54.9 Å². The van der Waals surface area contributed by atoms with E-state index in [2.05, 4.69) is 60.7 Å². The number of nitrogens with one attached hydrogen (secondary N) is 2. The van der Waals surface area contributed by atoms with E-state index in [-0.39, 0.29) is 12.1 Å². The van der Waals surface area contributed by atoms with E-state index in [9.17, 15) is 0 Å².